The van der Waals surface area contributed by atoms with Crippen molar-refractivity contribution in [2.24, 2.45) is 0 Å². The first kappa shape index (κ1) is 20.1. The van der Waals surface area contributed by atoms with Gasteiger partial charge in [0.25, 0.3) is 5.91 Å². The lowest BCUT2D eigenvalue weighted by Gasteiger charge is -2.13. The van der Waals surface area contributed by atoms with Gasteiger partial charge in [0.2, 0.25) is 5.91 Å². The van der Waals surface area contributed by atoms with Crippen LogP contribution in [0.4, 0.5) is 5.69 Å². The summed E-state index contributed by atoms with van der Waals surface area (Å²) in [5.41, 5.74) is 2.81. The van der Waals surface area contributed by atoms with E-state index in [1.54, 1.807) is 12.1 Å². The molecular weight excluding hydrogens is 375 g/mol. The average Bonchev–Trinajstić information content (AvgIpc) is 2.61. The van der Waals surface area contributed by atoms with Crippen molar-refractivity contribution in [3.8, 4) is 5.75 Å². The summed E-state index contributed by atoms with van der Waals surface area (Å²) in [5.74, 6) is -0.373. The second-order valence-electron chi connectivity index (χ2n) is 5.65. The van der Waals surface area contributed by atoms with Crippen molar-refractivity contribution in [2.75, 3.05) is 18.5 Å². The maximum atomic E-state index is 12.1. The Morgan fingerprint density at radius 2 is 1.88 bits per heavy atom. The number of carbonyl (C=O) groups is 2. The fraction of sp³-hybridized carbons (Fsp3) is 0.263. The van der Waals surface area contributed by atoms with Crippen LogP contribution in [-0.2, 0) is 16.0 Å². The Morgan fingerprint density at radius 1 is 1.12 bits per heavy atom. The highest BCUT2D eigenvalue weighted by atomic mass is 35.5. The van der Waals surface area contributed by atoms with E-state index in [2.05, 4.69) is 10.6 Å². The lowest BCUT2D eigenvalue weighted by molar-refractivity contribution is -0.125. The molecule has 2 rings (SSSR count). The highest BCUT2D eigenvalue weighted by molar-refractivity contribution is 6.35. The topological polar surface area (TPSA) is 67.4 Å². The van der Waals surface area contributed by atoms with Crippen LogP contribution in [0.2, 0.25) is 10.0 Å². The van der Waals surface area contributed by atoms with E-state index in [0.717, 1.165) is 23.2 Å². The normalized spacial score (nSPS) is 10.3. The number of ether oxygens (including phenoxy) is 1. The molecule has 0 heterocycles. The first-order valence-electron chi connectivity index (χ1n) is 8.13. The smallest absolute Gasteiger partial charge is 0.258 e. The van der Waals surface area contributed by atoms with Crippen molar-refractivity contribution in [3.05, 3.63) is 57.6 Å². The Labute approximate surface area is 162 Å². The number of carbonyl (C=O) groups excluding carboxylic acids is 2. The second kappa shape index (κ2) is 9.46. The van der Waals surface area contributed by atoms with Crippen LogP contribution in [0.1, 0.15) is 18.1 Å². The monoisotopic (exact) mass is 394 g/mol. The van der Waals surface area contributed by atoms with Crippen molar-refractivity contribution < 1.29 is 14.3 Å². The summed E-state index contributed by atoms with van der Waals surface area (Å²) in [6.45, 7) is 3.55. The molecule has 2 amide bonds. The predicted octanol–water partition coefficient (Wildman–Crippen LogP) is 4.00. The zero-order chi connectivity index (χ0) is 19.1. The molecule has 0 aromatic heterocycles. The molecular formula is C19H20Cl2N2O3. The molecule has 0 spiro atoms. The second-order valence-corrected chi connectivity index (χ2v) is 6.49. The molecule has 2 aromatic rings. The highest BCUT2D eigenvalue weighted by Crippen LogP contribution is 2.27. The molecule has 138 valence electrons. The average molecular weight is 395 g/mol. The third kappa shape index (κ3) is 5.64. The van der Waals surface area contributed by atoms with E-state index in [1.807, 2.05) is 32.0 Å². The molecule has 0 atom stereocenters. The molecule has 0 aliphatic carbocycles. The molecule has 2 N–H and O–H groups in total. The van der Waals surface area contributed by atoms with Crippen molar-refractivity contribution >= 4 is 40.7 Å². The van der Waals surface area contributed by atoms with E-state index in [1.165, 1.54) is 6.07 Å². The Kier molecular flexibility index (Phi) is 7.30. The molecule has 2 aromatic carbocycles. The number of rotatable bonds is 7. The summed E-state index contributed by atoms with van der Waals surface area (Å²) < 4.78 is 5.33. The molecule has 0 fully saturated rings. The summed E-state index contributed by atoms with van der Waals surface area (Å²) in [6.07, 6.45) is 0.805. The van der Waals surface area contributed by atoms with E-state index in [9.17, 15) is 9.59 Å². The fourth-order valence-electron chi connectivity index (χ4n) is 2.35. The van der Waals surface area contributed by atoms with Gasteiger partial charge in [-0.3, -0.25) is 9.59 Å². The van der Waals surface area contributed by atoms with Crippen molar-refractivity contribution in [1.29, 1.82) is 0 Å². The van der Waals surface area contributed by atoms with Crippen LogP contribution >= 0.6 is 23.2 Å². The van der Waals surface area contributed by atoms with Gasteiger partial charge in [0, 0.05) is 10.7 Å². The van der Waals surface area contributed by atoms with Gasteiger partial charge < -0.3 is 15.4 Å². The SMILES string of the molecule is CCc1cccc(C)c1NC(=O)CNC(=O)COc1ccc(Cl)cc1Cl. The molecule has 0 aliphatic rings. The van der Waals surface area contributed by atoms with Crippen LogP contribution in [0.3, 0.4) is 0 Å². The molecule has 0 saturated carbocycles. The van der Waals surface area contributed by atoms with Crippen molar-refractivity contribution in [2.45, 2.75) is 20.3 Å². The number of hydrogen-bond acceptors (Lipinski definition) is 3. The van der Waals surface area contributed by atoms with Gasteiger partial charge in [0.05, 0.1) is 11.6 Å². The predicted molar refractivity (Wildman–Crippen MR) is 104 cm³/mol. The van der Waals surface area contributed by atoms with Gasteiger partial charge in [-0.15, -0.1) is 0 Å². The third-order valence-corrected chi connectivity index (χ3v) is 4.23. The number of halogens is 2. The Balaban J connectivity index is 1.83. The number of nitrogens with one attached hydrogen (secondary N) is 2. The van der Waals surface area contributed by atoms with Crippen LogP contribution in [0.15, 0.2) is 36.4 Å². The van der Waals surface area contributed by atoms with E-state index in [4.69, 9.17) is 27.9 Å². The van der Waals surface area contributed by atoms with Gasteiger partial charge in [-0.05, 0) is 42.7 Å². The third-order valence-electron chi connectivity index (χ3n) is 3.70. The minimum absolute atomic E-state index is 0.145. The first-order valence-corrected chi connectivity index (χ1v) is 8.89. The molecule has 0 unspecified atom stereocenters. The van der Waals surface area contributed by atoms with Crippen LogP contribution in [-0.4, -0.2) is 25.0 Å². The minimum atomic E-state index is -0.424. The minimum Gasteiger partial charge on any atom is -0.482 e. The van der Waals surface area contributed by atoms with Gasteiger partial charge in [-0.1, -0.05) is 48.3 Å². The lowest BCUT2D eigenvalue weighted by atomic mass is 10.1. The lowest BCUT2D eigenvalue weighted by Crippen LogP contribution is -2.36. The van der Waals surface area contributed by atoms with Crippen LogP contribution in [0.5, 0.6) is 5.75 Å². The van der Waals surface area contributed by atoms with Gasteiger partial charge in [0.15, 0.2) is 6.61 Å². The van der Waals surface area contributed by atoms with E-state index in [0.29, 0.717) is 15.8 Å². The molecule has 7 heteroatoms. The number of amides is 2. The number of hydrogen-bond donors (Lipinski definition) is 2. The van der Waals surface area contributed by atoms with Crippen LogP contribution < -0.4 is 15.4 Å². The van der Waals surface area contributed by atoms with Gasteiger partial charge >= 0.3 is 0 Å². The fourth-order valence-corrected chi connectivity index (χ4v) is 2.81. The molecule has 0 radical (unpaired) electrons. The number of anilines is 1. The zero-order valence-electron chi connectivity index (χ0n) is 14.6. The highest BCUT2D eigenvalue weighted by Gasteiger charge is 2.11. The quantitative estimate of drug-likeness (QED) is 0.745. The summed E-state index contributed by atoms with van der Waals surface area (Å²) in [4.78, 5) is 24.0. The van der Waals surface area contributed by atoms with E-state index >= 15 is 0 Å². The Morgan fingerprint density at radius 3 is 2.58 bits per heavy atom. The standard InChI is InChI=1S/C19H20Cl2N2O3/c1-3-13-6-4-5-12(2)19(13)23-17(24)10-22-18(25)11-26-16-8-7-14(20)9-15(16)21/h4-9H,3,10-11H2,1-2H3,(H,22,25)(H,23,24). The zero-order valence-corrected chi connectivity index (χ0v) is 16.1. The van der Waals surface area contributed by atoms with Crippen LogP contribution in [0, 0.1) is 6.92 Å². The molecule has 5 nitrogen and oxygen atoms in total. The summed E-state index contributed by atoms with van der Waals surface area (Å²) in [6, 6.07) is 10.6. The van der Waals surface area contributed by atoms with Crippen molar-refractivity contribution in [1.82, 2.24) is 5.32 Å². The Hall–Kier alpha value is -2.24. The van der Waals surface area contributed by atoms with Crippen molar-refractivity contribution in [3.63, 3.8) is 0 Å². The molecule has 26 heavy (non-hydrogen) atoms. The number of aryl methyl sites for hydroxylation is 2. The summed E-state index contributed by atoms with van der Waals surface area (Å²) in [7, 11) is 0. The first-order chi connectivity index (χ1) is 12.4. The van der Waals surface area contributed by atoms with E-state index < -0.39 is 5.91 Å². The van der Waals surface area contributed by atoms with Gasteiger partial charge in [-0.2, -0.15) is 0 Å². The largest absolute Gasteiger partial charge is 0.482 e. The molecule has 0 bridgehead atoms. The Bertz CT molecular complexity index is 809. The number of para-hydroxylation sites is 1. The maximum Gasteiger partial charge on any atom is 0.258 e. The molecule has 0 saturated heterocycles. The van der Waals surface area contributed by atoms with Crippen LogP contribution in [0.25, 0.3) is 0 Å². The number of benzene rings is 2. The van der Waals surface area contributed by atoms with E-state index in [-0.39, 0.29) is 19.1 Å². The summed E-state index contributed by atoms with van der Waals surface area (Å²) >= 11 is 11.8. The summed E-state index contributed by atoms with van der Waals surface area (Å²) in [5, 5.41) is 6.15. The van der Waals surface area contributed by atoms with Gasteiger partial charge in [0.1, 0.15) is 5.75 Å². The van der Waals surface area contributed by atoms with Gasteiger partial charge in [-0.25, -0.2) is 0 Å². The molecule has 0 aliphatic heterocycles. The maximum absolute atomic E-state index is 12.1.